The van der Waals surface area contributed by atoms with Crippen LogP contribution in [0.15, 0.2) is 42.5 Å². The quantitative estimate of drug-likeness (QED) is 0.342. The molecule has 5 heterocycles. The molecule has 2 unspecified atom stereocenters. The summed E-state index contributed by atoms with van der Waals surface area (Å²) in [7, 11) is 0. The number of para-hydroxylation sites is 1. The van der Waals surface area contributed by atoms with Crippen LogP contribution in [0.25, 0.3) is 11.1 Å². The van der Waals surface area contributed by atoms with Gasteiger partial charge in [0.1, 0.15) is 11.6 Å². The molecular formula is C36H37Cl2FN4O6. The molecule has 1 amide bonds. The van der Waals surface area contributed by atoms with Crippen molar-refractivity contribution in [3.05, 3.63) is 75.0 Å². The molecule has 3 aromatic rings. The predicted molar refractivity (Wildman–Crippen MR) is 184 cm³/mol. The number of carboxylic acids is 1. The lowest BCUT2D eigenvalue weighted by molar-refractivity contribution is 0.000470. The van der Waals surface area contributed by atoms with Crippen LogP contribution in [0.2, 0.25) is 10.0 Å². The van der Waals surface area contributed by atoms with Crippen molar-refractivity contribution < 1.29 is 33.3 Å². The number of nitrogens with zero attached hydrogens (tertiary/aromatic N) is 4. The molecule has 5 aliphatic rings. The first-order valence-electron chi connectivity index (χ1n) is 16.7. The van der Waals surface area contributed by atoms with E-state index >= 15 is 4.39 Å². The van der Waals surface area contributed by atoms with Crippen LogP contribution in [0, 0.1) is 5.82 Å². The molecule has 0 aromatic heterocycles. The first kappa shape index (κ1) is 32.6. The van der Waals surface area contributed by atoms with Crippen molar-refractivity contribution in [1.82, 2.24) is 9.80 Å². The van der Waals surface area contributed by atoms with Gasteiger partial charge in [-0.1, -0.05) is 41.4 Å². The predicted octanol–water partition coefficient (Wildman–Crippen LogP) is 5.77. The van der Waals surface area contributed by atoms with Crippen molar-refractivity contribution in [3.8, 4) is 16.9 Å². The van der Waals surface area contributed by atoms with Gasteiger partial charge in [0, 0.05) is 54.1 Å². The fraction of sp³-hybridized carbons (Fsp3) is 0.444. The summed E-state index contributed by atoms with van der Waals surface area (Å²) in [6.07, 6.45) is 1.77. The van der Waals surface area contributed by atoms with E-state index in [1.807, 2.05) is 6.07 Å². The van der Waals surface area contributed by atoms with Gasteiger partial charge >= 0.3 is 5.97 Å². The van der Waals surface area contributed by atoms with Crippen LogP contribution in [0.3, 0.4) is 0 Å². The summed E-state index contributed by atoms with van der Waals surface area (Å²) in [4.78, 5) is 34.4. The van der Waals surface area contributed by atoms with Gasteiger partial charge < -0.3 is 34.0 Å². The maximum absolute atomic E-state index is 15.7. The third-order valence-electron chi connectivity index (χ3n) is 10.8. The number of rotatable bonds is 6. The van der Waals surface area contributed by atoms with Crippen LogP contribution in [-0.2, 0) is 16.0 Å². The lowest BCUT2D eigenvalue weighted by Crippen LogP contribution is -2.67. The Balaban J connectivity index is 1.03. The van der Waals surface area contributed by atoms with Gasteiger partial charge in [-0.15, -0.1) is 0 Å². The fourth-order valence-electron chi connectivity index (χ4n) is 8.14. The lowest BCUT2D eigenvalue weighted by Gasteiger charge is -2.53. The van der Waals surface area contributed by atoms with E-state index in [9.17, 15) is 14.7 Å². The average Bonchev–Trinajstić information content (AvgIpc) is 3.33. The number of carbonyl (C=O) groups is 2. The zero-order valence-electron chi connectivity index (χ0n) is 27.0. The standard InChI is InChI=1S/C36H37Cl2FN4O6/c1-20-32(40-7-9-47-10-8-40)16-42(20)24-11-28(37)33(29(38)12-24)35(44)41-15-21-3-2-4-25(34(21)49-19-41)26-14-31(27(36(45)46)13-30(26)39)43-22-5-6-23(43)18-48-17-22/h2-4,11-14,20,22-23,32H,5-10,15-19H2,1H3,(H,45,46)/t20-,22?,23?,32-/m1/s1. The van der Waals surface area contributed by atoms with E-state index in [0.29, 0.717) is 41.8 Å². The van der Waals surface area contributed by atoms with Crippen LogP contribution in [0.5, 0.6) is 5.75 Å². The summed E-state index contributed by atoms with van der Waals surface area (Å²) in [6.45, 7) is 7.45. The van der Waals surface area contributed by atoms with Crippen molar-refractivity contribution in [2.24, 2.45) is 0 Å². The highest BCUT2D eigenvalue weighted by Crippen LogP contribution is 2.44. The van der Waals surface area contributed by atoms with Crippen LogP contribution in [0.4, 0.5) is 15.8 Å². The van der Waals surface area contributed by atoms with Gasteiger partial charge in [-0.25, -0.2) is 9.18 Å². The number of hydrogen-bond acceptors (Lipinski definition) is 8. The van der Waals surface area contributed by atoms with E-state index < -0.39 is 11.8 Å². The highest BCUT2D eigenvalue weighted by Gasteiger charge is 2.42. The van der Waals surface area contributed by atoms with E-state index in [-0.39, 0.29) is 64.0 Å². The molecule has 258 valence electrons. The number of benzene rings is 3. The molecule has 1 N–H and O–H groups in total. The van der Waals surface area contributed by atoms with Crippen molar-refractivity contribution in [2.75, 3.05) is 62.6 Å². The highest BCUT2D eigenvalue weighted by molar-refractivity contribution is 6.40. The van der Waals surface area contributed by atoms with E-state index in [2.05, 4.69) is 21.6 Å². The number of carbonyl (C=O) groups excluding carboxylic acids is 1. The summed E-state index contributed by atoms with van der Waals surface area (Å²) < 4.78 is 33.1. The van der Waals surface area contributed by atoms with Crippen molar-refractivity contribution in [2.45, 2.75) is 50.5 Å². The normalized spacial score (nSPS) is 25.1. The summed E-state index contributed by atoms with van der Waals surface area (Å²) in [5.74, 6) is -1.78. The molecule has 4 atom stereocenters. The summed E-state index contributed by atoms with van der Waals surface area (Å²) in [5.41, 5.74) is 2.87. The molecule has 4 fully saturated rings. The maximum atomic E-state index is 15.7. The van der Waals surface area contributed by atoms with Crippen molar-refractivity contribution in [1.29, 1.82) is 0 Å². The Morgan fingerprint density at radius 2 is 1.67 bits per heavy atom. The zero-order chi connectivity index (χ0) is 34.0. The summed E-state index contributed by atoms with van der Waals surface area (Å²) >= 11 is 13.5. The maximum Gasteiger partial charge on any atom is 0.337 e. The Hall–Kier alpha value is -3.61. The van der Waals surface area contributed by atoms with Gasteiger partial charge in [0.25, 0.3) is 5.91 Å². The molecule has 8 rings (SSSR count). The Kier molecular flexibility index (Phi) is 8.60. The number of anilines is 2. The number of halogens is 3. The third-order valence-corrected chi connectivity index (χ3v) is 11.3. The number of aromatic carboxylic acids is 1. The zero-order valence-corrected chi connectivity index (χ0v) is 28.6. The Bertz CT molecular complexity index is 1780. The van der Waals surface area contributed by atoms with Gasteiger partial charge in [-0.05, 0) is 44.0 Å². The molecule has 2 bridgehead atoms. The average molecular weight is 712 g/mol. The van der Waals surface area contributed by atoms with Crippen LogP contribution >= 0.6 is 23.2 Å². The van der Waals surface area contributed by atoms with E-state index in [4.69, 9.17) is 37.4 Å². The fourth-order valence-corrected chi connectivity index (χ4v) is 8.78. The molecule has 13 heteroatoms. The first-order valence-corrected chi connectivity index (χ1v) is 17.5. The number of carboxylic acid groups (broad SMARTS) is 1. The highest BCUT2D eigenvalue weighted by atomic mass is 35.5. The topological polar surface area (TPSA) is 95.0 Å². The van der Waals surface area contributed by atoms with Crippen molar-refractivity contribution >= 4 is 46.5 Å². The molecule has 0 radical (unpaired) electrons. The van der Waals surface area contributed by atoms with Gasteiger partial charge in [-0.2, -0.15) is 0 Å². The number of amides is 1. The Labute approximate surface area is 293 Å². The second-order valence-electron chi connectivity index (χ2n) is 13.4. The Morgan fingerprint density at radius 3 is 2.35 bits per heavy atom. The Morgan fingerprint density at radius 1 is 0.959 bits per heavy atom. The molecule has 0 saturated carbocycles. The molecule has 49 heavy (non-hydrogen) atoms. The smallest absolute Gasteiger partial charge is 0.337 e. The second-order valence-corrected chi connectivity index (χ2v) is 14.3. The first-order chi connectivity index (χ1) is 23.7. The SMILES string of the molecule is C[C@@H]1[C@H](N2CCOCC2)CN1c1cc(Cl)c(C(=O)N2COc3c(cccc3-c3cc(N4C5CCC4COC5)c(C(=O)O)cc3F)C2)c(Cl)c1. The lowest BCUT2D eigenvalue weighted by atomic mass is 9.94. The molecule has 4 saturated heterocycles. The van der Waals surface area contributed by atoms with E-state index in [1.165, 1.54) is 4.90 Å². The summed E-state index contributed by atoms with van der Waals surface area (Å²) in [6, 6.07) is 12.4. The number of morpholine rings is 2. The second kappa shape index (κ2) is 12.9. The van der Waals surface area contributed by atoms with Crippen LogP contribution < -0.4 is 14.5 Å². The van der Waals surface area contributed by atoms with E-state index in [1.54, 1.807) is 30.3 Å². The van der Waals surface area contributed by atoms with Crippen LogP contribution in [-0.4, -0.2) is 104 Å². The van der Waals surface area contributed by atoms with Crippen LogP contribution in [0.1, 0.15) is 46.0 Å². The minimum absolute atomic E-state index is 0.0321. The van der Waals surface area contributed by atoms with Gasteiger partial charge in [0.05, 0.1) is 71.9 Å². The van der Waals surface area contributed by atoms with Gasteiger partial charge in [0.15, 0.2) is 6.73 Å². The minimum atomic E-state index is -1.19. The molecule has 10 nitrogen and oxygen atoms in total. The number of hydrogen-bond donors (Lipinski definition) is 1. The van der Waals surface area contributed by atoms with Gasteiger partial charge in [0.2, 0.25) is 0 Å². The molecule has 3 aromatic carbocycles. The largest absolute Gasteiger partial charge is 0.478 e. The molecule has 5 aliphatic heterocycles. The molecule has 0 aliphatic carbocycles. The van der Waals surface area contributed by atoms with Gasteiger partial charge in [-0.3, -0.25) is 9.69 Å². The number of fused-ring (bicyclic) bond motifs is 3. The molecule has 0 spiro atoms. The third kappa shape index (κ3) is 5.69. The number of ether oxygens (including phenoxy) is 3. The van der Waals surface area contributed by atoms with Crippen molar-refractivity contribution in [3.63, 3.8) is 0 Å². The van der Waals surface area contributed by atoms with E-state index in [0.717, 1.165) is 57.4 Å². The summed E-state index contributed by atoms with van der Waals surface area (Å²) in [5, 5.41) is 10.5. The monoisotopic (exact) mass is 710 g/mol. The minimum Gasteiger partial charge on any atom is -0.478 e. The molecular weight excluding hydrogens is 674 g/mol.